The Morgan fingerprint density at radius 3 is 2.89 bits per heavy atom. The molecule has 28 heavy (non-hydrogen) atoms. The van der Waals surface area contributed by atoms with E-state index in [-0.39, 0.29) is 18.4 Å². The normalized spacial score (nSPS) is 22.0. The maximum atomic E-state index is 13.5. The lowest BCUT2D eigenvalue weighted by Crippen LogP contribution is -2.65. The van der Waals surface area contributed by atoms with Crippen LogP contribution in [-0.2, 0) is 21.5 Å². The smallest absolute Gasteiger partial charge is 0.275 e. The Morgan fingerprint density at radius 1 is 1.21 bits per heavy atom. The molecule has 0 saturated carbocycles. The molecule has 140 valence electrons. The van der Waals surface area contributed by atoms with Gasteiger partial charge in [0, 0.05) is 35.4 Å². The summed E-state index contributed by atoms with van der Waals surface area (Å²) in [4.78, 5) is 35.5. The molecule has 1 aromatic carbocycles. The van der Waals surface area contributed by atoms with Crippen molar-refractivity contribution in [2.24, 2.45) is 5.10 Å². The minimum Gasteiger partial charge on any atom is -0.356 e. The van der Waals surface area contributed by atoms with E-state index in [1.807, 2.05) is 31.2 Å². The molecule has 1 fully saturated rings. The van der Waals surface area contributed by atoms with E-state index in [1.165, 1.54) is 5.01 Å². The summed E-state index contributed by atoms with van der Waals surface area (Å²) in [7, 11) is 0. The van der Waals surface area contributed by atoms with Crippen molar-refractivity contribution in [3.63, 3.8) is 0 Å². The van der Waals surface area contributed by atoms with E-state index in [0.717, 1.165) is 34.1 Å². The summed E-state index contributed by atoms with van der Waals surface area (Å²) in [5.74, 6) is -0.311. The molecule has 2 amide bonds. The maximum Gasteiger partial charge on any atom is 0.275 e. The number of carbonyl (C=O) groups excluding carboxylic acids is 2. The van der Waals surface area contributed by atoms with Crippen LogP contribution in [0.5, 0.6) is 0 Å². The van der Waals surface area contributed by atoms with Crippen LogP contribution in [0.2, 0.25) is 0 Å². The van der Waals surface area contributed by atoms with Gasteiger partial charge < -0.3 is 9.88 Å². The zero-order chi connectivity index (χ0) is 19.3. The van der Waals surface area contributed by atoms with Crippen LogP contribution in [0.3, 0.4) is 0 Å². The standard InChI is InChI=1S/C21H19N5O2/c1-21-19-16(15-6-2-3-7-17(15)24-19)8-10-25(21)18(27)13-26(20(21)28)23-12-14-5-4-9-22-11-14/h2-7,9,11-12,24H,8,10,13H2,1H3/t21-/m1/s1. The van der Waals surface area contributed by atoms with Gasteiger partial charge in [-0.15, -0.1) is 0 Å². The Morgan fingerprint density at radius 2 is 2.07 bits per heavy atom. The van der Waals surface area contributed by atoms with Crippen molar-refractivity contribution in [3.8, 4) is 0 Å². The van der Waals surface area contributed by atoms with Crippen molar-refractivity contribution >= 4 is 28.9 Å². The molecule has 0 spiro atoms. The number of para-hydroxylation sites is 1. The first kappa shape index (κ1) is 16.7. The summed E-state index contributed by atoms with van der Waals surface area (Å²) < 4.78 is 0. The molecule has 1 atom stereocenters. The van der Waals surface area contributed by atoms with Crippen LogP contribution >= 0.6 is 0 Å². The van der Waals surface area contributed by atoms with E-state index in [0.29, 0.717) is 6.54 Å². The number of aromatic amines is 1. The third-order valence-electron chi connectivity index (χ3n) is 5.69. The van der Waals surface area contributed by atoms with Gasteiger partial charge in [-0.2, -0.15) is 5.10 Å². The number of aromatic nitrogens is 2. The summed E-state index contributed by atoms with van der Waals surface area (Å²) in [6, 6.07) is 11.6. The number of piperazine rings is 1. The summed E-state index contributed by atoms with van der Waals surface area (Å²) in [6.45, 7) is 2.28. The van der Waals surface area contributed by atoms with Crippen LogP contribution in [0.1, 0.15) is 23.7 Å². The second-order valence-electron chi connectivity index (χ2n) is 7.29. The van der Waals surface area contributed by atoms with Crippen molar-refractivity contribution in [1.82, 2.24) is 19.9 Å². The Labute approximate surface area is 161 Å². The van der Waals surface area contributed by atoms with Crippen LogP contribution in [-0.4, -0.2) is 51.0 Å². The molecule has 0 radical (unpaired) electrons. The third kappa shape index (κ3) is 2.29. The zero-order valence-corrected chi connectivity index (χ0v) is 15.4. The number of hydrogen-bond donors (Lipinski definition) is 1. The number of pyridine rings is 1. The molecular weight excluding hydrogens is 354 g/mol. The van der Waals surface area contributed by atoms with Crippen LogP contribution in [0.15, 0.2) is 53.9 Å². The summed E-state index contributed by atoms with van der Waals surface area (Å²) in [5.41, 5.74) is 2.55. The lowest BCUT2D eigenvalue weighted by molar-refractivity contribution is -0.165. The fraction of sp³-hybridized carbons (Fsp3) is 0.238. The van der Waals surface area contributed by atoms with Gasteiger partial charge in [-0.1, -0.05) is 24.3 Å². The molecule has 7 nitrogen and oxygen atoms in total. The fourth-order valence-corrected chi connectivity index (χ4v) is 4.27. The van der Waals surface area contributed by atoms with Gasteiger partial charge in [0.05, 0.1) is 11.9 Å². The molecule has 0 aliphatic carbocycles. The van der Waals surface area contributed by atoms with Crippen molar-refractivity contribution in [3.05, 3.63) is 65.6 Å². The second-order valence-corrected chi connectivity index (χ2v) is 7.29. The number of fused-ring (bicyclic) bond motifs is 5. The van der Waals surface area contributed by atoms with E-state index >= 15 is 0 Å². The highest BCUT2D eigenvalue weighted by Gasteiger charge is 2.54. The van der Waals surface area contributed by atoms with E-state index in [1.54, 1.807) is 29.6 Å². The first-order chi connectivity index (χ1) is 13.6. The van der Waals surface area contributed by atoms with Crippen LogP contribution in [0.25, 0.3) is 10.9 Å². The number of nitrogens with zero attached hydrogens (tertiary/aromatic N) is 4. The number of carbonyl (C=O) groups is 2. The molecule has 4 heterocycles. The van der Waals surface area contributed by atoms with E-state index < -0.39 is 5.54 Å². The number of H-pyrrole nitrogens is 1. The highest BCUT2D eigenvalue weighted by atomic mass is 16.2. The minimum absolute atomic E-state index is 0.0548. The molecule has 1 saturated heterocycles. The molecule has 3 aromatic rings. The average molecular weight is 373 g/mol. The highest BCUT2D eigenvalue weighted by molar-refractivity contribution is 6.01. The van der Waals surface area contributed by atoms with Crippen molar-refractivity contribution in [2.45, 2.75) is 18.9 Å². The topological polar surface area (TPSA) is 81.7 Å². The first-order valence-corrected chi connectivity index (χ1v) is 9.25. The molecular formula is C21H19N5O2. The van der Waals surface area contributed by atoms with Crippen LogP contribution in [0, 0.1) is 0 Å². The number of amides is 2. The van der Waals surface area contributed by atoms with Gasteiger partial charge in [-0.3, -0.25) is 14.6 Å². The monoisotopic (exact) mass is 373 g/mol. The second kappa shape index (κ2) is 6.02. The predicted octanol–water partition coefficient (Wildman–Crippen LogP) is 2.04. The molecule has 7 heteroatoms. The zero-order valence-electron chi connectivity index (χ0n) is 15.4. The maximum absolute atomic E-state index is 13.5. The SMILES string of the molecule is C[C@@]12C(=O)N(N=Cc3cccnc3)CC(=O)N1CCc1c2[nH]c2ccccc12. The Hall–Kier alpha value is -3.48. The molecule has 2 aliphatic rings. The summed E-state index contributed by atoms with van der Waals surface area (Å²) in [6.07, 6.45) is 5.62. The number of rotatable bonds is 2. The number of hydrogen-bond acceptors (Lipinski definition) is 4. The van der Waals surface area contributed by atoms with E-state index in [4.69, 9.17) is 0 Å². The van der Waals surface area contributed by atoms with Gasteiger partial charge in [0.25, 0.3) is 5.91 Å². The Bertz CT molecular complexity index is 1120. The van der Waals surface area contributed by atoms with Gasteiger partial charge in [0.2, 0.25) is 5.91 Å². The van der Waals surface area contributed by atoms with Gasteiger partial charge >= 0.3 is 0 Å². The lowest BCUT2D eigenvalue weighted by atomic mass is 9.83. The molecule has 0 bridgehead atoms. The van der Waals surface area contributed by atoms with E-state index in [2.05, 4.69) is 21.1 Å². The largest absolute Gasteiger partial charge is 0.356 e. The van der Waals surface area contributed by atoms with Gasteiger partial charge in [0.15, 0.2) is 5.54 Å². The lowest BCUT2D eigenvalue weighted by Gasteiger charge is -2.48. The number of benzene rings is 1. The van der Waals surface area contributed by atoms with Crippen LogP contribution in [0.4, 0.5) is 0 Å². The van der Waals surface area contributed by atoms with E-state index in [9.17, 15) is 9.59 Å². The molecule has 1 N–H and O–H groups in total. The molecule has 0 unspecified atom stereocenters. The van der Waals surface area contributed by atoms with Crippen molar-refractivity contribution < 1.29 is 9.59 Å². The summed E-state index contributed by atoms with van der Waals surface area (Å²) in [5, 5.41) is 6.68. The number of nitrogens with one attached hydrogen (secondary N) is 1. The highest BCUT2D eigenvalue weighted by Crippen LogP contribution is 2.41. The van der Waals surface area contributed by atoms with Gasteiger partial charge in [-0.05, 0) is 31.0 Å². The molecule has 2 aliphatic heterocycles. The first-order valence-electron chi connectivity index (χ1n) is 9.25. The Kier molecular flexibility index (Phi) is 3.58. The van der Waals surface area contributed by atoms with Crippen molar-refractivity contribution in [2.75, 3.05) is 13.1 Å². The van der Waals surface area contributed by atoms with Crippen molar-refractivity contribution in [1.29, 1.82) is 0 Å². The Balaban J connectivity index is 1.59. The predicted molar refractivity (Wildman–Crippen MR) is 105 cm³/mol. The van der Waals surface area contributed by atoms with Gasteiger partial charge in [0.1, 0.15) is 6.54 Å². The number of hydrazone groups is 1. The summed E-state index contributed by atoms with van der Waals surface area (Å²) >= 11 is 0. The average Bonchev–Trinajstić information content (AvgIpc) is 3.11. The van der Waals surface area contributed by atoms with Gasteiger partial charge in [-0.25, -0.2) is 5.01 Å². The molecule has 2 aromatic heterocycles. The minimum atomic E-state index is -1.09. The fourth-order valence-electron chi connectivity index (χ4n) is 4.27. The van der Waals surface area contributed by atoms with Crippen LogP contribution < -0.4 is 0 Å². The third-order valence-corrected chi connectivity index (χ3v) is 5.69. The molecule has 5 rings (SSSR count). The quantitative estimate of drug-likeness (QED) is 0.698.